The van der Waals surface area contributed by atoms with Gasteiger partial charge in [0.05, 0.1) is 11.7 Å². The first kappa shape index (κ1) is 18.9. The molecule has 0 bridgehead atoms. The maximum Gasteiger partial charge on any atom is 0.255 e. The van der Waals surface area contributed by atoms with Gasteiger partial charge in [-0.15, -0.1) is 0 Å². The van der Waals surface area contributed by atoms with Crippen LogP contribution in [-0.4, -0.2) is 21.6 Å². The number of carbonyl (C=O) groups is 2. The highest BCUT2D eigenvalue weighted by Crippen LogP contribution is 2.29. The normalized spacial score (nSPS) is 15.4. The lowest BCUT2D eigenvalue weighted by Gasteiger charge is -2.23. The van der Waals surface area contributed by atoms with E-state index in [0.717, 1.165) is 36.1 Å². The minimum Gasteiger partial charge on any atom is -0.345 e. The van der Waals surface area contributed by atoms with E-state index in [1.54, 1.807) is 28.9 Å². The summed E-state index contributed by atoms with van der Waals surface area (Å²) >= 11 is 0. The molecule has 2 aromatic carbocycles. The highest BCUT2D eigenvalue weighted by molar-refractivity contribution is 6.05. The molecule has 1 heterocycles. The quantitative estimate of drug-likeness (QED) is 0.714. The van der Waals surface area contributed by atoms with E-state index in [1.807, 2.05) is 44.4 Å². The molecular formula is C23H24N4O2. The highest BCUT2D eigenvalue weighted by Gasteiger charge is 2.25. The number of nitrogens with zero attached hydrogens (tertiary/aromatic N) is 2. The van der Waals surface area contributed by atoms with Crippen molar-refractivity contribution >= 4 is 17.5 Å². The van der Waals surface area contributed by atoms with Gasteiger partial charge in [0, 0.05) is 35.6 Å². The molecule has 148 valence electrons. The van der Waals surface area contributed by atoms with Crippen molar-refractivity contribution in [3.8, 4) is 0 Å². The SMILES string of the molecule is Cc1ccc(C(=O)N[C@H]2CCCc3nn(C)cc32)cc1NC(=O)c1ccccc1. The van der Waals surface area contributed by atoms with Crippen LogP contribution in [0.2, 0.25) is 0 Å². The van der Waals surface area contributed by atoms with Gasteiger partial charge in [0.1, 0.15) is 0 Å². The summed E-state index contributed by atoms with van der Waals surface area (Å²) < 4.78 is 1.80. The topological polar surface area (TPSA) is 76.0 Å². The maximum atomic E-state index is 12.9. The molecule has 1 aliphatic carbocycles. The molecule has 2 N–H and O–H groups in total. The molecule has 1 atom stereocenters. The maximum absolute atomic E-state index is 12.9. The lowest BCUT2D eigenvalue weighted by atomic mass is 9.93. The van der Waals surface area contributed by atoms with Crippen LogP contribution in [0.4, 0.5) is 5.69 Å². The van der Waals surface area contributed by atoms with Crippen LogP contribution in [0.25, 0.3) is 0 Å². The van der Waals surface area contributed by atoms with Crippen LogP contribution in [-0.2, 0) is 13.5 Å². The van der Waals surface area contributed by atoms with Crippen LogP contribution in [0.1, 0.15) is 56.4 Å². The third kappa shape index (κ3) is 4.06. The van der Waals surface area contributed by atoms with Crippen molar-refractivity contribution in [2.24, 2.45) is 7.05 Å². The van der Waals surface area contributed by atoms with E-state index in [1.165, 1.54) is 0 Å². The van der Waals surface area contributed by atoms with Crippen LogP contribution in [0.5, 0.6) is 0 Å². The van der Waals surface area contributed by atoms with Gasteiger partial charge in [0.15, 0.2) is 0 Å². The van der Waals surface area contributed by atoms with Gasteiger partial charge in [-0.1, -0.05) is 24.3 Å². The Labute approximate surface area is 169 Å². The molecule has 29 heavy (non-hydrogen) atoms. The van der Waals surface area contributed by atoms with Gasteiger partial charge in [-0.2, -0.15) is 5.10 Å². The Morgan fingerprint density at radius 2 is 1.86 bits per heavy atom. The predicted molar refractivity (Wildman–Crippen MR) is 112 cm³/mol. The van der Waals surface area contributed by atoms with Crippen LogP contribution < -0.4 is 10.6 Å². The third-order valence-electron chi connectivity index (χ3n) is 5.31. The van der Waals surface area contributed by atoms with E-state index in [0.29, 0.717) is 16.8 Å². The molecule has 1 aromatic heterocycles. The van der Waals surface area contributed by atoms with Crippen LogP contribution in [0.3, 0.4) is 0 Å². The van der Waals surface area contributed by atoms with Gasteiger partial charge in [0.2, 0.25) is 0 Å². The number of hydrogen-bond acceptors (Lipinski definition) is 3. The summed E-state index contributed by atoms with van der Waals surface area (Å²) in [7, 11) is 1.90. The summed E-state index contributed by atoms with van der Waals surface area (Å²) in [5.74, 6) is -0.347. The zero-order valence-electron chi connectivity index (χ0n) is 16.6. The minimum absolute atomic E-state index is 0.0383. The minimum atomic E-state index is -0.196. The molecule has 1 aliphatic rings. The molecular weight excluding hydrogens is 364 g/mol. The number of fused-ring (bicyclic) bond motifs is 1. The Kier molecular flexibility index (Phi) is 5.16. The lowest BCUT2D eigenvalue weighted by Crippen LogP contribution is -2.30. The van der Waals surface area contributed by atoms with Crippen molar-refractivity contribution in [3.63, 3.8) is 0 Å². The number of carbonyl (C=O) groups excluding carboxylic acids is 2. The van der Waals surface area contributed by atoms with E-state index in [2.05, 4.69) is 15.7 Å². The zero-order valence-corrected chi connectivity index (χ0v) is 16.6. The van der Waals surface area contributed by atoms with Crippen molar-refractivity contribution in [1.29, 1.82) is 0 Å². The predicted octanol–water partition coefficient (Wildman–Crippen LogP) is 3.79. The first-order valence-corrected chi connectivity index (χ1v) is 9.81. The molecule has 0 unspecified atom stereocenters. The second kappa shape index (κ2) is 7.91. The van der Waals surface area contributed by atoms with Gasteiger partial charge in [-0.3, -0.25) is 14.3 Å². The van der Waals surface area contributed by atoms with Crippen molar-refractivity contribution < 1.29 is 9.59 Å². The number of anilines is 1. The van der Waals surface area contributed by atoms with E-state index in [-0.39, 0.29) is 17.9 Å². The molecule has 4 rings (SSSR count). The van der Waals surface area contributed by atoms with Crippen molar-refractivity contribution in [3.05, 3.63) is 82.7 Å². The number of hydrogen-bond donors (Lipinski definition) is 2. The number of rotatable bonds is 4. The van der Waals surface area contributed by atoms with Crippen molar-refractivity contribution in [1.82, 2.24) is 15.1 Å². The average molecular weight is 388 g/mol. The van der Waals surface area contributed by atoms with E-state index in [9.17, 15) is 9.59 Å². The van der Waals surface area contributed by atoms with E-state index in [4.69, 9.17) is 0 Å². The molecule has 0 radical (unpaired) electrons. The fraction of sp³-hybridized carbons (Fsp3) is 0.261. The first-order valence-electron chi connectivity index (χ1n) is 9.81. The molecule has 2 amide bonds. The first-order chi connectivity index (χ1) is 14.0. The standard InChI is InChI=1S/C23H24N4O2/c1-15-11-12-17(13-21(15)25-22(28)16-7-4-3-5-8-16)23(29)24-19-9-6-10-20-18(19)14-27(2)26-20/h3-5,7-8,11-14,19H,6,9-10H2,1-2H3,(H,24,29)(H,25,28)/t19-/m0/s1. The molecule has 0 spiro atoms. The van der Waals surface area contributed by atoms with E-state index < -0.39 is 0 Å². The number of benzene rings is 2. The monoisotopic (exact) mass is 388 g/mol. The lowest BCUT2D eigenvalue weighted by molar-refractivity contribution is 0.0931. The largest absolute Gasteiger partial charge is 0.345 e. The zero-order chi connectivity index (χ0) is 20.4. The summed E-state index contributed by atoms with van der Waals surface area (Å²) in [6.07, 6.45) is 4.83. The summed E-state index contributed by atoms with van der Waals surface area (Å²) in [6.45, 7) is 1.91. The van der Waals surface area contributed by atoms with Gasteiger partial charge in [-0.25, -0.2) is 0 Å². The number of nitrogens with one attached hydrogen (secondary N) is 2. The Hall–Kier alpha value is -3.41. The summed E-state index contributed by atoms with van der Waals surface area (Å²) in [4.78, 5) is 25.4. The Morgan fingerprint density at radius 1 is 1.07 bits per heavy atom. The molecule has 0 saturated heterocycles. The second-order valence-corrected chi connectivity index (χ2v) is 7.47. The average Bonchev–Trinajstić information content (AvgIpc) is 3.11. The molecule has 0 saturated carbocycles. The molecule has 0 aliphatic heterocycles. The summed E-state index contributed by atoms with van der Waals surface area (Å²) in [6, 6.07) is 14.4. The third-order valence-corrected chi connectivity index (χ3v) is 5.31. The number of aromatic nitrogens is 2. The molecule has 6 heteroatoms. The summed E-state index contributed by atoms with van der Waals surface area (Å²) in [5.41, 5.74) is 4.79. The van der Waals surface area contributed by atoms with Crippen molar-refractivity contribution in [2.75, 3.05) is 5.32 Å². The van der Waals surface area contributed by atoms with Crippen LogP contribution in [0.15, 0.2) is 54.7 Å². The Bertz CT molecular complexity index is 1060. The van der Waals surface area contributed by atoms with Crippen molar-refractivity contribution in [2.45, 2.75) is 32.2 Å². The van der Waals surface area contributed by atoms with Crippen LogP contribution >= 0.6 is 0 Å². The molecule has 0 fully saturated rings. The Morgan fingerprint density at radius 3 is 2.66 bits per heavy atom. The smallest absolute Gasteiger partial charge is 0.255 e. The van der Waals surface area contributed by atoms with Gasteiger partial charge in [-0.05, 0) is 56.0 Å². The van der Waals surface area contributed by atoms with Crippen LogP contribution in [0, 0.1) is 6.92 Å². The highest BCUT2D eigenvalue weighted by atomic mass is 16.2. The number of aryl methyl sites for hydroxylation is 3. The second-order valence-electron chi connectivity index (χ2n) is 7.47. The van der Waals surface area contributed by atoms with Gasteiger partial charge >= 0.3 is 0 Å². The Balaban J connectivity index is 1.51. The fourth-order valence-electron chi connectivity index (χ4n) is 3.74. The van der Waals surface area contributed by atoms with E-state index >= 15 is 0 Å². The van der Waals surface area contributed by atoms with Gasteiger partial charge < -0.3 is 10.6 Å². The summed E-state index contributed by atoms with van der Waals surface area (Å²) in [5, 5.41) is 10.5. The fourth-order valence-corrected chi connectivity index (χ4v) is 3.74. The molecule has 6 nitrogen and oxygen atoms in total. The van der Waals surface area contributed by atoms with Gasteiger partial charge in [0.25, 0.3) is 11.8 Å². The number of amides is 2. The molecule has 3 aromatic rings.